The van der Waals surface area contributed by atoms with Crippen LogP contribution in [-0.2, 0) is 9.47 Å². The Kier molecular flexibility index (Phi) is 6.38. The van der Waals surface area contributed by atoms with Gasteiger partial charge in [-0.2, -0.15) is 0 Å². The van der Waals surface area contributed by atoms with Gasteiger partial charge in [0.2, 0.25) is 0 Å². The summed E-state index contributed by atoms with van der Waals surface area (Å²) in [5.41, 5.74) is 0.302. The van der Waals surface area contributed by atoms with Gasteiger partial charge in [-0.15, -0.1) is 0 Å². The largest absolute Gasteiger partial charge is 0.465 e. The van der Waals surface area contributed by atoms with E-state index in [0.717, 1.165) is 6.54 Å². The van der Waals surface area contributed by atoms with Gasteiger partial charge in [0.05, 0.1) is 18.2 Å². The Morgan fingerprint density at radius 1 is 1.64 bits per heavy atom. The van der Waals surface area contributed by atoms with Crippen LogP contribution < -0.4 is 10.6 Å². The van der Waals surface area contributed by atoms with E-state index >= 15 is 0 Å². The lowest BCUT2D eigenvalue weighted by Gasteiger charge is -2.31. The third-order valence-electron chi connectivity index (χ3n) is 3.26. The molecule has 0 aliphatic carbocycles. The smallest absolute Gasteiger partial charge is 0.404 e. The number of nitrogens with one attached hydrogen (secondary N) is 2. The van der Waals surface area contributed by atoms with Crippen molar-refractivity contribution in [3.63, 3.8) is 0 Å². The van der Waals surface area contributed by atoms with Gasteiger partial charge in [-0.1, -0.05) is 23.7 Å². The molecule has 122 valence electrons. The quantitative estimate of drug-likeness (QED) is 0.692. The van der Waals surface area contributed by atoms with E-state index in [-0.39, 0.29) is 24.3 Å². The van der Waals surface area contributed by atoms with E-state index in [1.807, 2.05) is 0 Å². The minimum Gasteiger partial charge on any atom is -0.465 e. The van der Waals surface area contributed by atoms with Crippen LogP contribution in [0.2, 0.25) is 5.02 Å². The summed E-state index contributed by atoms with van der Waals surface area (Å²) in [6.07, 6.45) is -2.17. The molecule has 1 heterocycles. The van der Waals surface area contributed by atoms with E-state index in [4.69, 9.17) is 26.2 Å². The van der Waals surface area contributed by atoms with Crippen molar-refractivity contribution in [1.82, 2.24) is 10.6 Å². The summed E-state index contributed by atoms with van der Waals surface area (Å²) < 4.78 is 25.5. The molecule has 8 heteroatoms. The second-order valence-corrected chi connectivity index (χ2v) is 5.19. The average molecular weight is 333 g/mol. The first-order valence-electron chi connectivity index (χ1n) is 6.94. The van der Waals surface area contributed by atoms with Crippen molar-refractivity contribution < 1.29 is 23.8 Å². The van der Waals surface area contributed by atoms with Crippen molar-refractivity contribution in [2.24, 2.45) is 0 Å². The summed E-state index contributed by atoms with van der Waals surface area (Å²) in [7, 11) is 0. The molecule has 1 aromatic carbocycles. The number of hydrogen-bond donors (Lipinski definition) is 3. The lowest BCUT2D eigenvalue weighted by atomic mass is 10.0. The molecule has 1 fully saturated rings. The zero-order chi connectivity index (χ0) is 15.9. The zero-order valence-corrected chi connectivity index (χ0v) is 12.6. The Bertz CT molecular complexity index is 512. The van der Waals surface area contributed by atoms with Crippen LogP contribution in [0.1, 0.15) is 11.7 Å². The second kappa shape index (κ2) is 8.28. The zero-order valence-electron chi connectivity index (χ0n) is 11.9. The molecule has 0 bridgehead atoms. The van der Waals surface area contributed by atoms with Crippen LogP contribution in [0, 0.1) is 5.82 Å². The van der Waals surface area contributed by atoms with Gasteiger partial charge in [-0.3, -0.25) is 0 Å². The fraction of sp³-hybridized carbons (Fsp3) is 0.500. The van der Waals surface area contributed by atoms with E-state index in [1.165, 1.54) is 6.07 Å². The van der Waals surface area contributed by atoms with Gasteiger partial charge in [0, 0.05) is 25.2 Å². The molecular weight excluding hydrogens is 315 g/mol. The fourth-order valence-corrected chi connectivity index (χ4v) is 2.44. The van der Waals surface area contributed by atoms with Crippen molar-refractivity contribution in [1.29, 1.82) is 0 Å². The number of benzene rings is 1. The van der Waals surface area contributed by atoms with Crippen LogP contribution in [-0.4, -0.2) is 50.2 Å². The molecule has 1 saturated heterocycles. The monoisotopic (exact) mass is 332 g/mol. The summed E-state index contributed by atoms with van der Waals surface area (Å²) in [5, 5.41) is 13.9. The fourth-order valence-electron chi connectivity index (χ4n) is 2.26. The highest BCUT2D eigenvalue weighted by atomic mass is 35.5. The molecule has 3 N–H and O–H groups in total. The first-order chi connectivity index (χ1) is 10.6. The molecule has 1 aliphatic heterocycles. The van der Waals surface area contributed by atoms with Crippen LogP contribution in [0.3, 0.4) is 0 Å². The lowest BCUT2D eigenvalue weighted by molar-refractivity contribution is -0.0864. The molecule has 0 spiro atoms. The third-order valence-corrected chi connectivity index (χ3v) is 3.55. The number of halogens is 2. The summed E-state index contributed by atoms with van der Waals surface area (Å²) in [4.78, 5) is 10.4. The van der Waals surface area contributed by atoms with Crippen LogP contribution in [0.5, 0.6) is 0 Å². The van der Waals surface area contributed by atoms with Gasteiger partial charge in [0.25, 0.3) is 0 Å². The molecule has 1 amide bonds. The minimum absolute atomic E-state index is 0.0125. The van der Waals surface area contributed by atoms with Gasteiger partial charge in [0.1, 0.15) is 18.0 Å². The number of carboxylic acid groups (broad SMARTS) is 1. The molecular formula is C14H18ClFN2O4. The predicted molar refractivity (Wildman–Crippen MR) is 78.7 cm³/mol. The molecule has 0 radical (unpaired) electrons. The molecule has 1 aliphatic rings. The maximum atomic E-state index is 14.2. The molecule has 2 rings (SSSR count). The van der Waals surface area contributed by atoms with Crippen LogP contribution in [0.15, 0.2) is 18.2 Å². The summed E-state index contributed by atoms with van der Waals surface area (Å²) in [6, 6.07) is 4.70. The molecule has 22 heavy (non-hydrogen) atoms. The van der Waals surface area contributed by atoms with E-state index in [1.54, 1.807) is 12.1 Å². The van der Waals surface area contributed by atoms with E-state index in [2.05, 4.69) is 10.6 Å². The number of rotatable bonds is 6. The summed E-state index contributed by atoms with van der Waals surface area (Å²) in [6.45, 7) is 1.95. The van der Waals surface area contributed by atoms with E-state index in [0.29, 0.717) is 18.7 Å². The van der Waals surface area contributed by atoms with Crippen LogP contribution >= 0.6 is 11.6 Å². The van der Waals surface area contributed by atoms with Crippen molar-refractivity contribution >= 4 is 17.7 Å². The molecule has 1 aromatic rings. The topological polar surface area (TPSA) is 79.8 Å². The van der Waals surface area contributed by atoms with E-state index in [9.17, 15) is 9.18 Å². The molecule has 0 aromatic heterocycles. The highest BCUT2D eigenvalue weighted by molar-refractivity contribution is 6.30. The minimum atomic E-state index is -1.13. The van der Waals surface area contributed by atoms with Gasteiger partial charge in [-0.05, 0) is 6.07 Å². The van der Waals surface area contributed by atoms with Crippen molar-refractivity contribution in [3.05, 3.63) is 34.6 Å². The molecule has 0 saturated carbocycles. The maximum absolute atomic E-state index is 14.2. The Balaban J connectivity index is 2.10. The molecule has 6 nitrogen and oxygen atoms in total. The Morgan fingerprint density at radius 3 is 3.14 bits per heavy atom. The highest BCUT2D eigenvalue weighted by Crippen LogP contribution is 2.29. The highest BCUT2D eigenvalue weighted by Gasteiger charge is 2.29. The lowest BCUT2D eigenvalue weighted by Crippen LogP contribution is -2.43. The maximum Gasteiger partial charge on any atom is 0.404 e. The number of amides is 1. The first-order valence-corrected chi connectivity index (χ1v) is 7.32. The third kappa shape index (κ3) is 4.54. The number of hydrogen-bond acceptors (Lipinski definition) is 4. The Hall–Kier alpha value is -1.41. The Labute approximate surface area is 132 Å². The van der Waals surface area contributed by atoms with Gasteiger partial charge < -0.3 is 25.2 Å². The molecule has 2 atom stereocenters. The number of carbonyl (C=O) groups is 1. The van der Waals surface area contributed by atoms with Crippen LogP contribution in [0.4, 0.5) is 9.18 Å². The Morgan fingerprint density at radius 2 is 2.45 bits per heavy atom. The number of ether oxygens (including phenoxy) is 2. The average Bonchev–Trinajstić information content (AvgIpc) is 2.51. The summed E-state index contributed by atoms with van der Waals surface area (Å²) in [5.74, 6) is -0.547. The first kappa shape index (κ1) is 17.0. The van der Waals surface area contributed by atoms with Crippen molar-refractivity contribution in [2.45, 2.75) is 12.2 Å². The van der Waals surface area contributed by atoms with Crippen molar-refractivity contribution in [2.75, 3.05) is 32.8 Å². The summed E-state index contributed by atoms with van der Waals surface area (Å²) >= 11 is 5.82. The van der Waals surface area contributed by atoms with Crippen LogP contribution in [0.25, 0.3) is 0 Å². The normalized spacial score (nSPS) is 19.6. The van der Waals surface area contributed by atoms with Gasteiger partial charge in [0.15, 0.2) is 0 Å². The SMILES string of the molecule is O=C(O)NCCOC(c1cccc(Cl)c1F)C1CNCCO1. The van der Waals surface area contributed by atoms with Gasteiger partial charge in [-0.25, -0.2) is 9.18 Å². The standard InChI is InChI=1S/C14H18ClFN2O4/c15-10-3-1-2-9(12(10)16)13(11-8-17-4-6-21-11)22-7-5-18-14(19)20/h1-3,11,13,17-18H,4-8H2,(H,19,20). The number of morpholine rings is 1. The second-order valence-electron chi connectivity index (χ2n) is 4.78. The predicted octanol–water partition coefficient (Wildman–Crippen LogP) is 1.79. The molecule has 2 unspecified atom stereocenters. The van der Waals surface area contributed by atoms with Crippen molar-refractivity contribution in [3.8, 4) is 0 Å². The van der Waals surface area contributed by atoms with Gasteiger partial charge >= 0.3 is 6.09 Å². The van der Waals surface area contributed by atoms with E-state index < -0.39 is 18.0 Å².